The van der Waals surface area contributed by atoms with Crippen molar-refractivity contribution in [1.82, 2.24) is 40.4 Å². The van der Waals surface area contributed by atoms with Crippen molar-refractivity contribution >= 4 is 45.8 Å². The third-order valence-electron chi connectivity index (χ3n) is 13.3. The molecule has 2 fully saturated rings. The van der Waals surface area contributed by atoms with Crippen LogP contribution in [0, 0.1) is 5.92 Å². The normalized spacial score (nSPS) is 21.4. The molecule has 3 aromatic carbocycles. The molecule has 4 amide bonds. The molecule has 3 aliphatic heterocycles. The third-order valence-corrected chi connectivity index (χ3v) is 13.3. The number of aromatic nitrogens is 4. The van der Waals surface area contributed by atoms with Crippen LogP contribution >= 0.6 is 0 Å². The molecule has 8 rings (SSSR count). The molecular weight excluding hydrogens is 793 g/mol. The van der Waals surface area contributed by atoms with Gasteiger partial charge in [-0.25, -0.2) is 19.6 Å². The molecule has 0 saturated carbocycles. The summed E-state index contributed by atoms with van der Waals surface area (Å²) in [6.07, 6.45) is 3.67. The highest BCUT2D eigenvalue weighted by atomic mass is 16.5. The van der Waals surface area contributed by atoms with Gasteiger partial charge < -0.3 is 49.3 Å². The maximum absolute atomic E-state index is 14.1. The van der Waals surface area contributed by atoms with Gasteiger partial charge in [0.25, 0.3) is 0 Å². The Labute approximate surface area is 360 Å². The first-order valence-corrected chi connectivity index (χ1v) is 21.5. The van der Waals surface area contributed by atoms with E-state index in [0.717, 1.165) is 74.8 Å². The van der Waals surface area contributed by atoms with Crippen LogP contribution in [0.4, 0.5) is 9.59 Å². The van der Waals surface area contributed by atoms with Gasteiger partial charge in [-0.2, -0.15) is 0 Å². The average Bonchev–Trinajstić information content (AvgIpc) is 4.11. The summed E-state index contributed by atoms with van der Waals surface area (Å²) in [5.41, 5.74) is 6.52. The Balaban J connectivity index is 1.04. The molecule has 2 saturated heterocycles. The number of aromatic amines is 2. The minimum absolute atomic E-state index is 0.0292. The summed E-state index contributed by atoms with van der Waals surface area (Å²) in [6.45, 7) is 10.1. The van der Waals surface area contributed by atoms with Crippen molar-refractivity contribution < 1.29 is 38.1 Å². The van der Waals surface area contributed by atoms with Crippen molar-refractivity contribution in [2.45, 2.75) is 116 Å². The first-order valence-electron chi connectivity index (χ1n) is 21.5. The summed E-state index contributed by atoms with van der Waals surface area (Å²) < 4.78 is 21.6. The predicted molar refractivity (Wildman–Crippen MR) is 232 cm³/mol. The molecule has 0 bridgehead atoms. The van der Waals surface area contributed by atoms with Crippen LogP contribution in [0.2, 0.25) is 0 Å². The van der Waals surface area contributed by atoms with E-state index in [0.29, 0.717) is 31.1 Å². The topological polar surface area (TPSA) is 193 Å². The van der Waals surface area contributed by atoms with Crippen LogP contribution in [0.1, 0.15) is 96.0 Å². The van der Waals surface area contributed by atoms with Gasteiger partial charge in [0.15, 0.2) is 0 Å². The smallest absolute Gasteiger partial charge is 0.407 e. The van der Waals surface area contributed by atoms with E-state index in [1.54, 1.807) is 18.0 Å². The van der Waals surface area contributed by atoms with Crippen LogP contribution in [-0.2, 0) is 30.4 Å². The van der Waals surface area contributed by atoms with Crippen molar-refractivity contribution in [1.29, 1.82) is 0 Å². The molecule has 4 N–H and O–H groups in total. The van der Waals surface area contributed by atoms with Crippen molar-refractivity contribution in [2.24, 2.45) is 5.92 Å². The minimum atomic E-state index is -0.927. The molecule has 5 aromatic rings. The number of hydrogen-bond donors (Lipinski definition) is 4. The fraction of sp³-hybridized carbons (Fsp3) is 0.478. The van der Waals surface area contributed by atoms with Gasteiger partial charge in [-0.3, -0.25) is 9.59 Å². The van der Waals surface area contributed by atoms with Gasteiger partial charge in [0.1, 0.15) is 36.1 Å². The number of nitrogens with one attached hydrogen (secondary N) is 4. The number of carbonyl (C=O) groups excluding carboxylic acids is 4. The lowest BCUT2D eigenvalue weighted by molar-refractivity contribution is -0.139. The Morgan fingerprint density at radius 1 is 0.823 bits per heavy atom. The maximum atomic E-state index is 14.1. The fourth-order valence-corrected chi connectivity index (χ4v) is 9.43. The van der Waals surface area contributed by atoms with Gasteiger partial charge in [-0.05, 0) is 98.7 Å². The number of benzene rings is 3. The van der Waals surface area contributed by atoms with Crippen molar-refractivity contribution in [3.05, 3.63) is 65.9 Å². The second kappa shape index (κ2) is 17.3. The predicted octanol–water partition coefficient (Wildman–Crippen LogP) is 7.30. The Morgan fingerprint density at radius 3 is 2.15 bits per heavy atom. The second-order valence-corrected chi connectivity index (χ2v) is 16.9. The van der Waals surface area contributed by atoms with Crippen molar-refractivity contribution in [3.8, 4) is 28.1 Å². The van der Waals surface area contributed by atoms with Crippen LogP contribution in [0.3, 0.4) is 0 Å². The Hall–Kier alpha value is -6.16. The molecule has 62 heavy (non-hydrogen) atoms. The molecule has 3 aliphatic rings. The number of alkyl carbamates (subject to hydrolysis) is 2. The Bertz CT molecular complexity index is 2520. The molecule has 0 unspecified atom stereocenters. The van der Waals surface area contributed by atoms with Gasteiger partial charge in [-0.15, -0.1) is 0 Å². The summed E-state index contributed by atoms with van der Waals surface area (Å²) in [5.74, 6) is 1.67. The van der Waals surface area contributed by atoms with Crippen molar-refractivity contribution in [3.63, 3.8) is 0 Å². The molecule has 16 heteroatoms. The zero-order valence-corrected chi connectivity index (χ0v) is 36.5. The fourth-order valence-electron chi connectivity index (χ4n) is 9.43. The van der Waals surface area contributed by atoms with E-state index in [1.807, 2.05) is 38.7 Å². The van der Waals surface area contributed by atoms with Gasteiger partial charge in [0, 0.05) is 30.1 Å². The van der Waals surface area contributed by atoms with E-state index in [9.17, 15) is 19.2 Å². The summed E-state index contributed by atoms with van der Waals surface area (Å²) in [5, 5.41) is 7.43. The highest BCUT2D eigenvalue weighted by Gasteiger charge is 2.43. The Morgan fingerprint density at radius 2 is 1.48 bits per heavy atom. The average molecular weight is 849 g/mol. The number of H-pyrrole nitrogens is 2. The molecule has 5 heterocycles. The first kappa shape index (κ1) is 42.5. The van der Waals surface area contributed by atoms with Crippen LogP contribution in [0.25, 0.3) is 44.2 Å². The van der Waals surface area contributed by atoms with Crippen molar-refractivity contribution in [2.75, 3.05) is 21.3 Å². The Kier molecular flexibility index (Phi) is 11.9. The highest BCUT2D eigenvalue weighted by molar-refractivity contribution is 6.07. The number of fused-ring (bicyclic) bond motifs is 6. The van der Waals surface area contributed by atoms with Gasteiger partial charge >= 0.3 is 12.2 Å². The van der Waals surface area contributed by atoms with E-state index in [4.69, 9.17) is 28.9 Å². The lowest BCUT2D eigenvalue weighted by Crippen LogP contribution is -2.55. The van der Waals surface area contributed by atoms with E-state index in [-0.39, 0.29) is 41.9 Å². The molecular formula is C46H56N8O8. The molecule has 2 aromatic heterocycles. The number of rotatable bonds is 11. The number of hydrogen-bond acceptors (Lipinski definition) is 10. The molecule has 0 radical (unpaired) electrons. The number of likely N-dealkylation sites (tertiary alicyclic amines) is 2. The molecule has 328 valence electrons. The quantitative estimate of drug-likeness (QED) is 0.105. The molecule has 0 aliphatic carbocycles. The van der Waals surface area contributed by atoms with Crippen LogP contribution in [-0.4, -0.2) is 105 Å². The number of methoxy groups -OCH3 is 3. The molecule has 0 spiro atoms. The zero-order valence-electron chi connectivity index (χ0n) is 36.5. The highest BCUT2D eigenvalue weighted by Crippen LogP contribution is 2.44. The number of imidazole rings is 2. The summed E-state index contributed by atoms with van der Waals surface area (Å²) in [6, 6.07) is 12.3. The SMILES string of the molecule is CC[C@H](C)[C@H](NC(=O)OC)C(=O)N1[C@@H](C)CC[C@H]1c1nc2ccc3cc4c(cc3c2[nH]1)OCc1cc(-c2cnc([C@@H]3CC[C@H](C)N3C(=O)[C@@H](NC(=O)OC)[C@@H](C)OC)[nH]2)ccc1-4. The lowest BCUT2D eigenvalue weighted by Gasteiger charge is -2.33. The van der Waals surface area contributed by atoms with Gasteiger partial charge in [0.05, 0.1) is 55.3 Å². The van der Waals surface area contributed by atoms with Crippen LogP contribution < -0.4 is 15.4 Å². The third kappa shape index (κ3) is 7.69. The maximum Gasteiger partial charge on any atom is 0.407 e. The summed E-state index contributed by atoms with van der Waals surface area (Å²) in [4.78, 5) is 73.0. The molecule has 8 atom stereocenters. The summed E-state index contributed by atoms with van der Waals surface area (Å²) in [7, 11) is 4.07. The number of carbonyl (C=O) groups is 4. The first-order chi connectivity index (χ1) is 29.8. The van der Waals surface area contributed by atoms with E-state index in [2.05, 4.69) is 57.0 Å². The standard InChI is InChI=1S/C46H56N8O8/c1-9-23(2)38(51-45(57)60-7)43(55)54-25(4)11-17-36(54)42-48-33-15-13-27-19-32-30-14-12-28(18-29(30)22-62-37(32)20-31(27)40(33)50-42)34-21-47-41(49-34)35-16-10-24(3)53(35)44(56)39(26(5)59-6)52-46(58)61-8/h12-15,18-21,23-26,35-36,38-39H,9-11,16-17,22H2,1-8H3,(H,47,49)(H,48,50)(H,51,57)(H,52,58)/t23-,24-,25-,26+,35-,36-,38-,39-/m0/s1. The second-order valence-electron chi connectivity index (χ2n) is 16.9. The summed E-state index contributed by atoms with van der Waals surface area (Å²) >= 11 is 0. The number of amides is 4. The molecule has 16 nitrogen and oxygen atoms in total. The number of ether oxygens (including phenoxy) is 4. The van der Waals surface area contributed by atoms with E-state index in [1.165, 1.54) is 21.3 Å². The van der Waals surface area contributed by atoms with Crippen LogP contribution in [0.5, 0.6) is 5.75 Å². The van der Waals surface area contributed by atoms with E-state index < -0.39 is 30.4 Å². The largest absolute Gasteiger partial charge is 0.488 e. The van der Waals surface area contributed by atoms with Gasteiger partial charge in [-0.1, -0.05) is 38.5 Å². The minimum Gasteiger partial charge on any atom is -0.488 e. The van der Waals surface area contributed by atoms with Crippen LogP contribution in [0.15, 0.2) is 48.7 Å². The monoisotopic (exact) mass is 848 g/mol. The van der Waals surface area contributed by atoms with Gasteiger partial charge in [0.2, 0.25) is 11.8 Å². The van der Waals surface area contributed by atoms with E-state index >= 15 is 0 Å². The zero-order chi connectivity index (χ0) is 44.0. The lowest BCUT2D eigenvalue weighted by atomic mass is 9.92. The number of nitrogens with zero attached hydrogens (tertiary/aromatic N) is 4.